The third-order valence-corrected chi connectivity index (χ3v) is 2.77. The molecule has 2 nitrogen and oxygen atoms in total. The summed E-state index contributed by atoms with van der Waals surface area (Å²) in [5.74, 6) is 0.982. The quantitative estimate of drug-likeness (QED) is 0.628. The lowest BCUT2D eigenvalue weighted by Gasteiger charge is -2.24. The summed E-state index contributed by atoms with van der Waals surface area (Å²) in [5, 5.41) is 0. The number of rotatable bonds is 0. The Hall–Kier alpha value is -1.31. The minimum Gasteiger partial charge on any atom is -0.489 e. The van der Waals surface area contributed by atoms with Crippen molar-refractivity contribution in [1.29, 1.82) is 0 Å². The number of fused-ring (bicyclic) bond motifs is 1. The van der Waals surface area contributed by atoms with Crippen molar-refractivity contribution in [2.45, 2.75) is 33.3 Å². The summed E-state index contributed by atoms with van der Waals surface area (Å²) in [7, 11) is 0. The Bertz CT molecular complexity index is 394. The number of ether oxygens (including phenoxy) is 1. The van der Waals surface area contributed by atoms with E-state index in [1.54, 1.807) is 0 Å². The van der Waals surface area contributed by atoms with Gasteiger partial charge in [-0.15, -0.1) is 0 Å². The van der Waals surface area contributed by atoms with Crippen LogP contribution in [0, 0.1) is 13.8 Å². The van der Waals surface area contributed by atoms with Crippen molar-refractivity contribution in [3.05, 3.63) is 28.8 Å². The SMILES string of the molecule is Cc1ccc2c(c1C)OC(C)CC2=O. The van der Waals surface area contributed by atoms with Gasteiger partial charge in [0.25, 0.3) is 0 Å². The highest BCUT2D eigenvalue weighted by Crippen LogP contribution is 2.32. The van der Waals surface area contributed by atoms with Crippen LogP contribution in [0.15, 0.2) is 12.1 Å². The maximum Gasteiger partial charge on any atom is 0.170 e. The molecule has 1 aliphatic heterocycles. The van der Waals surface area contributed by atoms with E-state index in [9.17, 15) is 4.79 Å². The van der Waals surface area contributed by atoms with E-state index in [1.807, 2.05) is 32.9 Å². The number of Topliss-reactive ketones (excluding diaryl/α,β-unsaturated/α-hetero) is 1. The predicted octanol–water partition coefficient (Wildman–Crippen LogP) is 2.66. The predicted molar refractivity (Wildman–Crippen MR) is 55.0 cm³/mol. The van der Waals surface area contributed by atoms with Crippen LogP contribution in [0.4, 0.5) is 0 Å². The van der Waals surface area contributed by atoms with Gasteiger partial charge in [0.2, 0.25) is 0 Å². The number of hydrogen-bond donors (Lipinski definition) is 0. The Labute approximate surface area is 83.9 Å². The summed E-state index contributed by atoms with van der Waals surface area (Å²) >= 11 is 0. The molecular formula is C12H14O2. The van der Waals surface area contributed by atoms with E-state index < -0.39 is 0 Å². The van der Waals surface area contributed by atoms with Gasteiger partial charge in [0.15, 0.2) is 5.78 Å². The summed E-state index contributed by atoms with van der Waals surface area (Å²) in [6.45, 7) is 5.96. The van der Waals surface area contributed by atoms with Crippen LogP contribution in [0.1, 0.15) is 34.8 Å². The molecule has 14 heavy (non-hydrogen) atoms. The number of aryl methyl sites for hydroxylation is 1. The van der Waals surface area contributed by atoms with Gasteiger partial charge in [0.1, 0.15) is 11.9 Å². The third-order valence-electron chi connectivity index (χ3n) is 2.77. The minimum absolute atomic E-state index is 0.00972. The Kier molecular flexibility index (Phi) is 2.06. The summed E-state index contributed by atoms with van der Waals surface area (Å²) in [4.78, 5) is 11.7. The van der Waals surface area contributed by atoms with Gasteiger partial charge >= 0.3 is 0 Å². The average Bonchev–Trinajstić information content (AvgIpc) is 2.12. The molecule has 1 aromatic rings. The molecule has 1 atom stereocenters. The van der Waals surface area contributed by atoms with Crippen LogP contribution in [-0.2, 0) is 0 Å². The molecule has 1 aromatic carbocycles. The van der Waals surface area contributed by atoms with E-state index in [2.05, 4.69) is 0 Å². The largest absolute Gasteiger partial charge is 0.489 e. The molecule has 0 bridgehead atoms. The van der Waals surface area contributed by atoms with E-state index in [1.165, 1.54) is 5.56 Å². The number of carbonyl (C=O) groups excluding carboxylic acids is 1. The van der Waals surface area contributed by atoms with Crippen molar-refractivity contribution >= 4 is 5.78 Å². The highest BCUT2D eigenvalue weighted by Gasteiger charge is 2.25. The van der Waals surface area contributed by atoms with Gasteiger partial charge in [0, 0.05) is 6.42 Å². The van der Waals surface area contributed by atoms with Crippen molar-refractivity contribution in [3.63, 3.8) is 0 Å². The molecule has 0 saturated heterocycles. The monoisotopic (exact) mass is 190 g/mol. The first-order chi connectivity index (χ1) is 6.59. The van der Waals surface area contributed by atoms with E-state index >= 15 is 0 Å². The number of ketones is 1. The Balaban J connectivity index is 2.59. The Morgan fingerprint density at radius 2 is 2.07 bits per heavy atom. The second-order valence-electron chi connectivity index (χ2n) is 3.94. The van der Waals surface area contributed by atoms with Gasteiger partial charge in [-0.1, -0.05) is 6.07 Å². The average molecular weight is 190 g/mol. The zero-order chi connectivity index (χ0) is 10.3. The lowest BCUT2D eigenvalue weighted by atomic mass is 9.96. The normalized spacial score (nSPS) is 20.2. The van der Waals surface area contributed by atoms with Crippen LogP contribution in [0.2, 0.25) is 0 Å². The first-order valence-corrected chi connectivity index (χ1v) is 4.89. The van der Waals surface area contributed by atoms with Gasteiger partial charge in [0.05, 0.1) is 5.56 Å². The standard InChI is InChI=1S/C12H14O2/c1-7-4-5-10-11(13)6-8(2)14-12(10)9(7)3/h4-5,8H,6H2,1-3H3. The molecule has 2 heteroatoms. The van der Waals surface area contributed by atoms with Crippen molar-refractivity contribution in [2.75, 3.05) is 0 Å². The molecule has 1 heterocycles. The number of carbonyl (C=O) groups is 1. The van der Waals surface area contributed by atoms with Gasteiger partial charge < -0.3 is 4.74 Å². The lowest BCUT2D eigenvalue weighted by molar-refractivity contribution is 0.0869. The van der Waals surface area contributed by atoms with Gasteiger partial charge in [-0.3, -0.25) is 4.79 Å². The highest BCUT2D eigenvalue weighted by molar-refractivity contribution is 6.00. The molecule has 0 N–H and O–H groups in total. The minimum atomic E-state index is 0.00972. The molecule has 0 fully saturated rings. The second kappa shape index (κ2) is 3.12. The van der Waals surface area contributed by atoms with Gasteiger partial charge in [-0.05, 0) is 38.0 Å². The van der Waals surface area contributed by atoms with Crippen LogP contribution in [0.5, 0.6) is 5.75 Å². The zero-order valence-corrected chi connectivity index (χ0v) is 8.76. The molecule has 74 valence electrons. The fraction of sp³-hybridized carbons (Fsp3) is 0.417. The topological polar surface area (TPSA) is 26.3 Å². The van der Waals surface area contributed by atoms with Crippen molar-refractivity contribution in [1.82, 2.24) is 0 Å². The molecule has 0 radical (unpaired) electrons. The molecule has 0 saturated carbocycles. The van der Waals surface area contributed by atoms with Crippen LogP contribution >= 0.6 is 0 Å². The summed E-state index contributed by atoms with van der Waals surface area (Å²) < 4.78 is 5.69. The summed E-state index contributed by atoms with van der Waals surface area (Å²) in [6.07, 6.45) is 0.505. The first kappa shape index (κ1) is 9.25. The smallest absolute Gasteiger partial charge is 0.170 e. The summed E-state index contributed by atoms with van der Waals surface area (Å²) in [5.41, 5.74) is 3.00. The third kappa shape index (κ3) is 1.31. The van der Waals surface area contributed by atoms with Gasteiger partial charge in [-0.25, -0.2) is 0 Å². The van der Waals surface area contributed by atoms with Crippen molar-refractivity contribution in [2.24, 2.45) is 0 Å². The fourth-order valence-electron chi connectivity index (χ4n) is 1.78. The maximum atomic E-state index is 11.7. The van der Waals surface area contributed by atoms with E-state index in [0.29, 0.717) is 6.42 Å². The molecule has 0 aliphatic carbocycles. The molecule has 0 spiro atoms. The molecular weight excluding hydrogens is 176 g/mol. The fourth-order valence-corrected chi connectivity index (χ4v) is 1.78. The lowest BCUT2D eigenvalue weighted by Crippen LogP contribution is -2.24. The van der Waals surface area contributed by atoms with Crippen molar-refractivity contribution < 1.29 is 9.53 Å². The Morgan fingerprint density at radius 3 is 2.79 bits per heavy atom. The second-order valence-corrected chi connectivity index (χ2v) is 3.94. The van der Waals surface area contributed by atoms with Crippen LogP contribution in [-0.4, -0.2) is 11.9 Å². The molecule has 0 amide bonds. The molecule has 1 aliphatic rings. The maximum absolute atomic E-state index is 11.7. The van der Waals surface area contributed by atoms with Crippen LogP contribution in [0.25, 0.3) is 0 Å². The molecule has 2 rings (SSSR count). The van der Waals surface area contributed by atoms with Crippen LogP contribution in [0.3, 0.4) is 0 Å². The zero-order valence-electron chi connectivity index (χ0n) is 8.76. The van der Waals surface area contributed by atoms with E-state index in [0.717, 1.165) is 16.9 Å². The first-order valence-electron chi connectivity index (χ1n) is 4.89. The van der Waals surface area contributed by atoms with E-state index in [4.69, 9.17) is 4.74 Å². The van der Waals surface area contributed by atoms with E-state index in [-0.39, 0.29) is 11.9 Å². The highest BCUT2D eigenvalue weighted by atomic mass is 16.5. The van der Waals surface area contributed by atoms with Crippen molar-refractivity contribution in [3.8, 4) is 5.75 Å². The number of hydrogen-bond acceptors (Lipinski definition) is 2. The summed E-state index contributed by atoms with van der Waals surface area (Å²) in [6, 6.07) is 3.84. The van der Waals surface area contributed by atoms with Crippen LogP contribution < -0.4 is 4.74 Å². The van der Waals surface area contributed by atoms with Gasteiger partial charge in [-0.2, -0.15) is 0 Å². The molecule has 1 unspecified atom stereocenters. The number of benzene rings is 1. The molecule has 0 aromatic heterocycles. The Morgan fingerprint density at radius 1 is 1.36 bits per heavy atom.